The smallest absolute Gasteiger partial charge is 0.259 e. The number of aromatic nitrogens is 2. The number of piperazine rings is 1. The average molecular weight is 403 g/mol. The van der Waals surface area contributed by atoms with Crippen LogP contribution in [0.2, 0.25) is 0 Å². The van der Waals surface area contributed by atoms with Crippen molar-refractivity contribution in [3.05, 3.63) is 26.6 Å². The molecule has 28 heavy (non-hydrogen) atoms. The van der Waals surface area contributed by atoms with E-state index < -0.39 is 0 Å². The Labute approximate surface area is 169 Å². The Bertz CT molecular complexity index is 878. The zero-order chi connectivity index (χ0) is 18.9. The number of rotatable bonds is 4. The molecule has 0 radical (unpaired) electrons. The summed E-state index contributed by atoms with van der Waals surface area (Å²) < 4.78 is 5.89. The molecule has 0 amide bonds. The Balaban J connectivity index is 1.22. The van der Waals surface area contributed by atoms with Crippen molar-refractivity contribution in [1.82, 2.24) is 19.8 Å². The van der Waals surface area contributed by atoms with Crippen LogP contribution >= 0.6 is 11.3 Å². The second-order valence-electron chi connectivity index (χ2n) is 8.47. The predicted octanol–water partition coefficient (Wildman–Crippen LogP) is 2.55. The van der Waals surface area contributed by atoms with Crippen LogP contribution in [0.25, 0.3) is 10.2 Å². The summed E-state index contributed by atoms with van der Waals surface area (Å²) >= 11 is 1.74. The Morgan fingerprint density at radius 2 is 1.89 bits per heavy atom. The maximum atomic E-state index is 12.7. The number of aromatic amines is 1. The van der Waals surface area contributed by atoms with Crippen molar-refractivity contribution in [3.8, 4) is 0 Å². The minimum absolute atomic E-state index is 0.0625. The van der Waals surface area contributed by atoms with Crippen molar-refractivity contribution in [1.29, 1.82) is 0 Å². The van der Waals surface area contributed by atoms with E-state index in [9.17, 15) is 4.79 Å². The summed E-state index contributed by atoms with van der Waals surface area (Å²) in [5, 5.41) is 0.862. The highest BCUT2D eigenvalue weighted by Crippen LogP contribution is 2.33. The number of hydrogen-bond acceptors (Lipinski definition) is 6. The van der Waals surface area contributed by atoms with Crippen LogP contribution in [0.15, 0.2) is 4.79 Å². The SMILES string of the molecule is O=c1[nH]c(CN2CCN(C[C@@H]3CCCCO3)CC2)nc2sc3c(c12)CCCC3. The minimum Gasteiger partial charge on any atom is -0.377 e. The van der Waals surface area contributed by atoms with Crippen LogP contribution < -0.4 is 5.56 Å². The highest BCUT2D eigenvalue weighted by atomic mass is 32.1. The first kappa shape index (κ1) is 18.7. The van der Waals surface area contributed by atoms with Gasteiger partial charge in [0.2, 0.25) is 0 Å². The molecule has 3 aliphatic rings. The maximum Gasteiger partial charge on any atom is 0.259 e. The number of thiophene rings is 1. The third-order valence-corrected chi connectivity index (χ3v) is 7.63. The van der Waals surface area contributed by atoms with E-state index in [-0.39, 0.29) is 5.56 Å². The molecule has 152 valence electrons. The van der Waals surface area contributed by atoms with Gasteiger partial charge < -0.3 is 9.72 Å². The van der Waals surface area contributed by atoms with Gasteiger partial charge in [0.25, 0.3) is 5.56 Å². The molecule has 6 nitrogen and oxygen atoms in total. The summed E-state index contributed by atoms with van der Waals surface area (Å²) in [5.41, 5.74) is 1.33. The van der Waals surface area contributed by atoms with Crippen LogP contribution in [0.4, 0.5) is 0 Å². The fourth-order valence-corrected chi connectivity index (χ4v) is 6.15. The largest absolute Gasteiger partial charge is 0.377 e. The van der Waals surface area contributed by atoms with E-state index in [1.807, 2.05) is 0 Å². The lowest BCUT2D eigenvalue weighted by atomic mass is 9.97. The lowest BCUT2D eigenvalue weighted by Crippen LogP contribution is -2.49. The third-order valence-electron chi connectivity index (χ3n) is 6.45. The van der Waals surface area contributed by atoms with E-state index in [2.05, 4.69) is 14.8 Å². The summed E-state index contributed by atoms with van der Waals surface area (Å²) in [5.74, 6) is 0.820. The van der Waals surface area contributed by atoms with Gasteiger partial charge in [-0.2, -0.15) is 0 Å². The molecule has 2 aromatic rings. The van der Waals surface area contributed by atoms with Crippen LogP contribution in [-0.4, -0.2) is 65.2 Å². The highest BCUT2D eigenvalue weighted by molar-refractivity contribution is 7.18. The van der Waals surface area contributed by atoms with Crippen LogP contribution in [-0.2, 0) is 24.1 Å². The third kappa shape index (κ3) is 3.90. The fraction of sp³-hybridized carbons (Fsp3) is 0.714. The number of nitrogens with one attached hydrogen (secondary N) is 1. The molecule has 2 fully saturated rings. The zero-order valence-electron chi connectivity index (χ0n) is 16.5. The minimum atomic E-state index is 0.0625. The molecular formula is C21H30N4O2S. The molecule has 0 unspecified atom stereocenters. The molecule has 7 heteroatoms. The van der Waals surface area contributed by atoms with Gasteiger partial charge in [-0.05, 0) is 50.5 Å². The first-order valence-electron chi connectivity index (χ1n) is 10.9. The van der Waals surface area contributed by atoms with Crippen molar-refractivity contribution in [2.75, 3.05) is 39.3 Å². The van der Waals surface area contributed by atoms with Gasteiger partial charge in [-0.25, -0.2) is 4.98 Å². The standard InChI is InChI=1S/C21H30N4O2S/c26-20-19-16-6-1-2-7-17(16)28-21(19)23-18(22-20)14-25-10-8-24(9-11-25)13-15-5-3-4-12-27-15/h15H,1-14H2,(H,22,23,26)/t15-/m0/s1. The van der Waals surface area contributed by atoms with Gasteiger partial charge in [-0.15, -0.1) is 11.3 Å². The van der Waals surface area contributed by atoms with Crippen molar-refractivity contribution in [2.24, 2.45) is 0 Å². The molecule has 4 heterocycles. The van der Waals surface area contributed by atoms with E-state index in [0.717, 1.165) is 74.8 Å². The molecule has 5 rings (SSSR count). The normalized spacial score (nSPS) is 24.5. The molecule has 1 N–H and O–H groups in total. The number of nitrogens with zero attached hydrogens (tertiary/aromatic N) is 3. The summed E-state index contributed by atoms with van der Waals surface area (Å²) in [6.07, 6.45) is 8.72. The highest BCUT2D eigenvalue weighted by Gasteiger charge is 2.23. The van der Waals surface area contributed by atoms with Crippen LogP contribution in [0.5, 0.6) is 0 Å². The van der Waals surface area contributed by atoms with Crippen molar-refractivity contribution >= 4 is 21.6 Å². The number of fused-ring (bicyclic) bond motifs is 3. The van der Waals surface area contributed by atoms with Gasteiger partial charge >= 0.3 is 0 Å². The molecule has 1 aliphatic carbocycles. The monoisotopic (exact) mass is 402 g/mol. The number of hydrogen-bond donors (Lipinski definition) is 1. The maximum absolute atomic E-state index is 12.7. The molecule has 2 aliphatic heterocycles. The quantitative estimate of drug-likeness (QED) is 0.852. The zero-order valence-corrected chi connectivity index (χ0v) is 17.4. The van der Waals surface area contributed by atoms with Gasteiger partial charge in [0.15, 0.2) is 0 Å². The van der Waals surface area contributed by atoms with Crippen molar-refractivity contribution in [2.45, 2.75) is 57.6 Å². The topological polar surface area (TPSA) is 61.5 Å². The van der Waals surface area contributed by atoms with Gasteiger partial charge in [-0.1, -0.05) is 0 Å². The van der Waals surface area contributed by atoms with Gasteiger partial charge in [-0.3, -0.25) is 14.6 Å². The van der Waals surface area contributed by atoms with Gasteiger partial charge in [0.1, 0.15) is 10.7 Å². The second kappa shape index (κ2) is 8.22. The van der Waals surface area contributed by atoms with Gasteiger partial charge in [0.05, 0.1) is 18.0 Å². The van der Waals surface area contributed by atoms with Crippen LogP contribution in [0, 0.1) is 0 Å². The van der Waals surface area contributed by atoms with Crippen LogP contribution in [0.3, 0.4) is 0 Å². The number of H-pyrrole nitrogens is 1. The summed E-state index contributed by atoms with van der Waals surface area (Å²) in [4.78, 5) is 27.9. The molecule has 0 bridgehead atoms. The summed E-state index contributed by atoms with van der Waals surface area (Å²) in [7, 11) is 0. The molecule has 2 saturated heterocycles. The Morgan fingerprint density at radius 3 is 2.71 bits per heavy atom. The summed E-state index contributed by atoms with van der Waals surface area (Å²) in [6.45, 7) is 6.92. The Morgan fingerprint density at radius 1 is 1.07 bits per heavy atom. The molecule has 2 aromatic heterocycles. The average Bonchev–Trinajstić information content (AvgIpc) is 3.09. The summed E-state index contributed by atoms with van der Waals surface area (Å²) in [6, 6.07) is 0. The lowest BCUT2D eigenvalue weighted by molar-refractivity contribution is -0.0147. The molecule has 0 spiro atoms. The molecule has 0 aromatic carbocycles. The van der Waals surface area contributed by atoms with Crippen molar-refractivity contribution in [3.63, 3.8) is 0 Å². The number of ether oxygens (including phenoxy) is 1. The van der Waals surface area contributed by atoms with Crippen molar-refractivity contribution < 1.29 is 4.74 Å². The first-order chi connectivity index (χ1) is 13.8. The predicted molar refractivity (Wildman–Crippen MR) is 112 cm³/mol. The van der Waals surface area contributed by atoms with E-state index >= 15 is 0 Å². The second-order valence-corrected chi connectivity index (χ2v) is 9.55. The fourth-order valence-electron chi connectivity index (χ4n) is 4.86. The van der Waals surface area contributed by atoms with E-state index in [4.69, 9.17) is 9.72 Å². The van der Waals surface area contributed by atoms with E-state index in [1.165, 1.54) is 42.5 Å². The van der Waals surface area contributed by atoms with E-state index in [0.29, 0.717) is 6.10 Å². The van der Waals surface area contributed by atoms with Gasteiger partial charge in [0, 0.05) is 44.2 Å². The molecular weight excluding hydrogens is 372 g/mol. The van der Waals surface area contributed by atoms with Crippen LogP contribution in [0.1, 0.15) is 48.4 Å². The first-order valence-corrected chi connectivity index (χ1v) is 11.7. The number of aryl methyl sites for hydroxylation is 2. The lowest BCUT2D eigenvalue weighted by Gasteiger charge is -2.36. The van der Waals surface area contributed by atoms with E-state index in [1.54, 1.807) is 11.3 Å². The molecule has 0 saturated carbocycles. The molecule has 1 atom stereocenters. The Kier molecular flexibility index (Phi) is 5.50. The Hall–Kier alpha value is -1.28.